The van der Waals surface area contributed by atoms with Crippen molar-refractivity contribution in [2.24, 2.45) is 5.92 Å². The summed E-state index contributed by atoms with van der Waals surface area (Å²) in [6.45, 7) is -0.832. The quantitative estimate of drug-likeness (QED) is 0.142. The molecule has 0 heterocycles. The number of hydrogen-bond donors (Lipinski definition) is 0. The summed E-state index contributed by atoms with van der Waals surface area (Å²) >= 11 is 0. The molecular weight excluding hydrogens is 406 g/mol. The molecule has 29 heavy (non-hydrogen) atoms. The molecule has 0 aromatic heterocycles. The van der Waals surface area contributed by atoms with E-state index in [1.807, 2.05) is 0 Å². The molecule has 0 amide bonds. The lowest BCUT2D eigenvalue weighted by atomic mass is 9.94. The van der Waals surface area contributed by atoms with Gasteiger partial charge < -0.3 is 9.47 Å². The highest BCUT2D eigenvalue weighted by atomic mass is 19.4. The highest BCUT2D eigenvalue weighted by Gasteiger charge is 2.37. The number of rotatable bonds is 9. The third-order valence-corrected chi connectivity index (χ3v) is 4.03. The van der Waals surface area contributed by atoms with E-state index in [9.17, 15) is 35.9 Å². The second kappa shape index (κ2) is 8.98. The van der Waals surface area contributed by atoms with Crippen LogP contribution in [0.5, 0.6) is 0 Å². The molecule has 10 heteroatoms. The van der Waals surface area contributed by atoms with Crippen LogP contribution < -0.4 is 0 Å². The van der Waals surface area contributed by atoms with Crippen molar-refractivity contribution in [3.8, 4) is 0 Å². The number of ketones is 2. The van der Waals surface area contributed by atoms with Gasteiger partial charge in [0, 0.05) is 11.5 Å². The van der Waals surface area contributed by atoms with Crippen molar-refractivity contribution in [1.29, 1.82) is 0 Å². The summed E-state index contributed by atoms with van der Waals surface area (Å²) in [5.74, 6) is -1.80. The molecule has 0 atom stereocenters. The Hall–Kier alpha value is -2.36. The van der Waals surface area contributed by atoms with Crippen molar-refractivity contribution in [1.82, 2.24) is 0 Å². The second-order valence-electron chi connectivity index (χ2n) is 6.43. The summed E-state index contributed by atoms with van der Waals surface area (Å²) < 4.78 is 85.4. The van der Waals surface area contributed by atoms with Gasteiger partial charge in [-0.25, -0.2) is 0 Å². The van der Waals surface area contributed by atoms with E-state index < -0.39 is 48.3 Å². The lowest BCUT2D eigenvalue weighted by molar-refractivity contribution is -0.176. The van der Waals surface area contributed by atoms with Crippen molar-refractivity contribution in [3.05, 3.63) is 46.7 Å². The van der Waals surface area contributed by atoms with E-state index in [1.54, 1.807) is 6.92 Å². The van der Waals surface area contributed by atoms with Crippen LogP contribution in [0.4, 0.5) is 26.3 Å². The average Bonchev–Trinajstić information content (AvgIpc) is 3.44. The van der Waals surface area contributed by atoms with Crippen LogP contribution in [0.1, 0.15) is 41.3 Å². The average molecular weight is 424 g/mol. The number of halogens is 6. The molecule has 160 valence electrons. The zero-order valence-corrected chi connectivity index (χ0v) is 15.3. The van der Waals surface area contributed by atoms with E-state index in [4.69, 9.17) is 4.74 Å². The number of carbonyl (C=O) groups excluding carboxylic acids is 2. The summed E-state index contributed by atoms with van der Waals surface area (Å²) in [5.41, 5.74) is -2.25. The Bertz CT molecular complexity index is 791. The lowest BCUT2D eigenvalue weighted by Crippen LogP contribution is -2.20. The van der Waals surface area contributed by atoms with Gasteiger partial charge in [0.2, 0.25) is 0 Å². The Balaban J connectivity index is 2.39. The van der Waals surface area contributed by atoms with Gasteiger partial charge in [0.1, 0.15) is 12.2 Å². The van der Waals surface area contributed by atoms with Crippen LogP contribution >= 0.6 is 0 Å². The molecule has 0 aliphatic heterocycles. The fourth-order valence-electron chi connectivity index (χ4n) is 2.49. The van der Waals surface area contributed by atoms with Gasteiger partial charge >= 0.3 is 12.4 Å². The number of ether oxygens (including phenoxy) is 2. The second-order valence-corrected chi connectivity index (χ2v) is 6.43. The number of benzene rings is 1. The summed E-state index contributed by atoms with van der Waals surface area (Å²) in [7, 11) is 0. The molecule has 0 N–H and O–H groups in total. The molecular formula is C19H18F6O4. The van der Waals surface area contributed by atoms with Crippen LogP contribution in [-0.2, 0) is 27.1 Å². The zero-order valence-electron chi connectivity index (χ0n) is 15.3. The predicted octanol–water partition coefficient (Wildman–Crippen LogP) is 4.87. The van der Waals surface area contributed by atoms with Gasteiger partial charge in [0.15, 0.2) is 11.6 Å². The summed E-state index contributed by atoms with van der Waals surface area (Å²) in [4.78, 5) is 25.2. The molecule has 0 spiro atoms. The molecule has 1 aromatic carbocycles. The molecule has 0 saturated heterocycles. The Morgan fingerprint density at radius 3 is 2.31 bits per heavy atom. The SMILES string of the molecule is CCOC=C(C(=O)c1ccc(C(F)(F)F)cc1COCC(F)(F)F)C(=O)C1CC1. The minimum Gasteiger partial charge on any atom is -0.501 e. The molecule has 4 nitrogen and oxygen atoms in total. The monoisotopic (exact) mass is 424 g/mol. The van der Waals surface area contributed by atoms with Gasteiger partial charge in [0.05, 0.1) is 25.0 Å². The molecule has 0 unspecified atom stereocenters. The first-order valence-electron chi connectivity index (χ1n) is 8.69. The minimum absolute atomic E-state index is 0.142. The van der Waals surface area contributed by atoms with E-state index in [2.05, 4.69) is 4.74 Å². The van der Waals surface area contributed by atoms with Gasteiger partial charge in [0.25, 0.3) is 0 Å². The Morgan fingerprint density at radius 2 is 1.79 bits per heavy atom. The summed E-state index contributed by atoms with van der Waals surface area (Å²) in [5, 5.41) is 0. The third kappa shape index (κ3) is 6.59. The van der Waals surface area contributed by atoms with E-state index in [0.29, 0.717) is 25.0 Å². The van der Waals surface area contributed by atoms with Crippen molar-refractivity contribution in [2.75, 3.05) is 13.2 Å². The molecule has 1 aliphatic carbocycles. The number of Topliss-reactive ketones (excluding diaryl/α,β-unsaturated/α-hetero) is 2. The largest absolute Gasteiger partial charge is 0.501 e. The van der Waals surface area contributed by atoms with Gasteiger partial charge in [-0.2, -0.15) is 26.3 Å². The van der Waals surface area contributed by atoms with Crippen LogP contribution in [0.3, 0.4) is 0 Å². The molecule has 1 fully saturated rings. The van der Waals surface area contributed by atoms with Gasteiger partial charge in [-0.3, -0.25) is 9.59 Å². The van der Waals surface area contributed by atoms with Crippen LogP contribution in [0.15, 0.2) is 30.0 Å². The maximum atomic E-state index is 13.0. The van der Waals surface area contributed by atoms with E-state index in [-0.39, 0.29) is 23.7 Å². The Labute approximate surface area is 162 Å². The predicted molar refractivity (Wildman–Crippen MR) is 88.9 cm³/mol. The Kier molecular flexibility index (Phi) is 7.10. The molecule has 1 aromatic rings. The molecule has 2 rings (SSSR count). The normalized spacial score (nSPS) is 15.3. The fraction of sp³-hybridized carbons (Fsp3) is 0.474. The maximum absolute atomic E-state index is 13.0. The lowest BCUT2D eigenvalue weighted by Gasteiger charge is -2.15. The Morgan fingerprint density at radius 1 is 1.14 bits per heavy atom. The van der Waals surface area contributed by atoms with Crippen molar-refractivity contribution >= 4 is 11.6 Å². The molecule has 1 saturated carbocycles. The number of alkyl halides is 6. The highest BCUT2D eigenvalue weighted by Crippen LogP contribution is 2.35. The van der Waals surface area contributed by atoms with Crippen molar-refractivity contribution < 1.29 is 45.4 Å². The van der Waals surface area contributed by atoms with Crippen LogP contribution in [0, 0.1) is 5.92 Å². The third-order valence-electron chi connectivity index (χ3n) is 4.03. The zero-order chi connectivity index (χ0) is 21.8. The van der Waals surface area contributed by atoms with Crippen LogP contribution in [0.2, 0.25) is 0 Å². The number of carbonyl (C=O) groups is 2. The smallest absolute Gasteiger partial charge is 0.416 e. The van der Waals surface area contributed by atoms with Crippen molar-refractivity contribution in [2.45, 2.75) is 38.7 Å². The minimum atomic E-state index is -4.77. The van der Waals surface area contributed by atoms with Crippen LogP contribution in [-0.4, -0.2) is 31.0 Å². The topological polar surface area (TPSA) is 52.6 Å². The standard InChI is InChI=1S/C19H18F6O4/c1-2-28-9-15(16(26)11-3-4-11)17(27)14-6-5-13(19(23,24)25)7-12(14)8-29-10-18(20,21)22/h5-7,9,11H,2-4,8,10H2,1H3. The molecule has 0 radical (unpaired) electrons. The number of hydrogen-bond acceptors (Lipinski definition) is 4. The first-order chi connectivity index (χ1) is 13.4. The van der Waals surface area contributed by atoms with E-state index in [0.717, 1.165) is 12.3 Å². The maximum Gasteiger partial charge on any atom is 0.416 e. The highest BCUT2D eigenvalue weighted by molar-refractivity contribution is 6.27. The van der Waals surface area contributed by atoms with E-state index >= 15 is 0 Å². The first kappa shape index (κ1) is 22.9. The van der Waals surface area contributed by atoms with Gasteiger partial charge in [-0.1, -0.05) is 6.07 Å². The number of allylic oxidation sites excluding steroid dienone is 1. The summed E-state index contributed by atoms with van der Waals surface area (Å²) in [6.07, 6.45) is -7.36. The molecule has 1 aliphatic rings. The fourth-order valence-corrected chi connectivity index (χ4v) is 2.49. The van der Waals surface area contributed by atoms with Crippen LogP contribution in [0.25, 0.3) is 0 Å². The first-order valence-corrected chi connectivity index (χ1v) is 8.69. The van der Waals surface area contributed by atoms with Gasteiger partial charge in [-0.05, 0) is 37.5 Å². The summed E-state index contributed by atoms with van der Waals surface area (Å²) in [6, 6.07) is 2.00. The van der Waals surface area contributed by atoms with Gasteiger partial charge in [-0.15, -0.1) is 0 Å². The molecule has 0 bridgehead atoms. The van der Waals surface area contributed by atoms with Crippen molar-refractivity contribution in [3.63, 3.8) is 0 Å². The van der Waals surface area contributed by atoms with E-state index in [1.165, 1.54) is 0 Å².